The van der Waals surface area contributed by atoms with Gasteiger partial charge in [0.15, 0.2) is 0 Å². The second-order valence-electron chi connectivity index (χ2n) is 4.67. The summed E-state index contributed by atoms with van der Waals surface area (Å²) in [5.74, 6) is -0.115. The Labute approximate surface area is 110 Å². The fourth-order valence-electron chi connectivity index (χ4n) is 1.64. The highest BCUT2D eigenvalue weighted by Crippen LogP contribution is 2.02. The van der Waals surface area contributed by atoms with E-state index in [4.69, 9.17) is 4.74 Å². The average molecular weight is 249 g/mol. The highest BCUT2D eigenvalue weighted by Gasteiger charge is 2.02. The first-order valence-corrected chi connectivity index (χ1v) is 6.61. The van der Waals surface area contributed by atoms with Crippen molar-refractivity contribution in [2.75, 3.05) is 13.2 Å². The van der Waals surface area contributed by atoms with E-state index in [1.54, 1.807) is 0 Å². The molecule has 1 aromatic rings. The van der Waals surface area contributed by atoms with Crippen LogP contribution < -0.4 is 5.32 Å². The van der Waals surface area contributed by atoms with Gasteiger partial charge in [-0.05, 0) is 18.4 Å². The van der Waals surface area contributed by atoms with Gasteiger partial charge in [-0.2, -0.15) is 0 Å². The van der Waals surface area contributed by atoms with E-state index in [9.17, 15) is 4.79 Å². The Morgan fingerprint density at radius 2 is 2.00 bits per heavy atom. The Morgan fingerprint density at radius 3 is 2.67 bits per heavy atom. The van der Waals surface area contributed by atoms with Crippen LogP contribution in [0.1, 0.15) is 32.3 Å². The summed E-state index contributed by atoms with van der Waals surface area (Å²) in [7, 11) is 0. The molecule has 0 aromatic heterocycles. The van der Waals surface area contributed by atoms with E-state index in [1.807, 2.05) is 18.2 Å². The molecular formula is C15H23NO2. The van der Waals surface area contributed by atoms with Gasteiger partial charge in [0, 0.05) is 12.6 Å². The first-order valence-electron chi connectivity index (χ1n) is 6.61. The second kappa shape index (κ2) is 8.70. The molecule has 0 bridgehead atoms. The number of benzene rings is 1. The maximum atomic E-state index is 11.4. The molecule has 0 fully saturated rings. The van der Waals surface area contributed by atoms with Gasteiger partial charge in [-0.15, -0.1) is 0 Å². The zero-order chi connectivity index (χ0) is 13.2. The van der Waals surface area contributed by atoms with Crippen LogP contribution in [-0.2, 0) is 16.0 Å². The Hall–Kier alpha value is -1.35. The summed E-state index contributed by atoms with van der Waals surface area (Å²) in [6.07, 6.45) is 2.29. The van der Waals surface area contributed by atoms with Gasteiger partial charge in [-0.25, -0.2) is 0 Å². The maximum absolute atomic E-state index is 11.4. The number of nitrogens with one attached hydrogen (secondary N) is 1. The Morgan fingerprint density at radius 1 is 1.28 bits per heavy atom. The summed E-state index contributed by atoms with van der Waals surface area (Å²) in [6, 6.07) is 10.7. The minimum Gasteiger partial charge on any atom is -0.466 e. The normalized spacial score (nSPS) is 10.6. The molecule has 1 N–H and O–H groups in total. The van der Waals surface area contributed by atoms with Crippen LogP contribution in [-0.4, -0.2) is 25.2 Å². The predicted octanol–water partition coefficient (Wildman–Crippen LogP) is 2.55. The standard InChI is InChI=1S/C15H23NO2/c1-13(2)16-11-10-15(17)18-12-6-9-14-7-4-3-5-8-14/h3-5,7-8,13,16H,6,9-12H2,1-2H3. The van der Waals surface area contributed by atoms with Gasteiger partial charge in [0.2, 0.25) is 0 Å². The monoisotopic (exact) mass is 249 g/mol. The topological polar surface area (TPSA) is 38.3 Å². The molecule has 0 radical (unpaired) electrons. The van der Waals surface area contributed by atoms with Crippen LogP contribution in [0.25, 0.3) is 0 Å². The minimum absolute atomic E-state index is 0.115. The molecule has 3 heteroatoms. The van der Waals surface area contributed by atoms with E-state index >= 15 is 0 Å². The van der Waals surface area contributed by atoms with Gasteiger partial charge in [0.05, 0.1) is 13.0 Å². The van der Waals surface area contributed by atoms with Gasteiger partial charge < -0.3 is 10.1 Å². The van der Waals surface area contributed by atoms with Crippen LogP contribution in [0.15, 0.2) is 30.3 Å². The number of carbonyl (C=O) groups is 1. The van der Waals surface area contributed by atoms with Crippen molar-refractivity contribution in [3.63, 3.8) is 0 Å². The predicted molar refractivity (Wildman–Crippen MR) is 73.5 cm³/mol. The molecule has 0 aliphatic heterocycles. The number of carbonyl (C=O) groups excluding carboxylic acids is 1. The van der Waals surface area contributed by atoms with E-state index in [1.165, 1.54) is 5.56 Å². The molecule has 1 aromatic carbocycles. The number of rotatable bonds is 8. The van der Waals surface area contributed by atoms with Crippen molar-refractivity contribution in [3.8, 4) is 0 Å². The summed E-state index contributed by atoms with van der Waals surface area (Å²) in [6.45, 7) is 5.32. The Bertz CT molecular complexity index is 336. The molecule has 0 amide bonds. The molecule has 0 heterocycles. The summed E-state index contributed by atoms with van der Waals surface area (Å²) in [5, 5.41) is 3.19. The maximum Gasteiger partial charge on any atom is 0.307 e. The van der Waals surface area contributed by atoms with Crippen LogP contribution in [0.5, 0.6) is 0 Å². The quantitative estimate of drug-likeness (QED) is 0.568. The van der Waals surface area contributed by atoms with Gasteiger partial charge in [-0.3, -0.25) is 4.79 Å². The third kappa shape index (κ3) is 7.07. The minimum atomic E-state index is -0.115. The fourth-order valence-corrected chi connectivity index (χ4v) is 1.64. The van der Waals surface area contributed by atoms with Gasteiger partial charge in [0.1, 0.15) is 0 Å². The van der Waals surface area contributed by atoms with Crippen molar-refractivity contribution >= 4 is 5.97 Å². The number of ether oxygens (including phenoxy) is 1. The lowest BCUT2D eigenvalue weighted by molar-refractivity contribution is -0.143. The highest BCUT2D eigenvalue weighted by molar-refractivity contribution is 5.69. The summed E-state index contributed by atoms with van der Waals surface area (Å²) < 4.78 is 5.17. The van der Waals surface area contributed by atoms with Crippen molar-refractivity contribution in [1.82, 2.24) is 5.32 Å². The first-order chi connectivity index (χ1) is 8.68. The Kier molecular flexibility index (Phi) is 7.11. The number of hydrogen-bond donors (Lipinski definition) is 1. The average Bonchev–Trinajstić information content (AvgIpc) is 2.35. The molecule has 3 nitrogen and oxygen atoms in total. The molecule has 1 rings (SSSR count). The summed E-state index contributed by atoms with van der Waals surface area (Å²) in [4.78, 5) is 11.4. The smallest absolute Gasteiger partial charge is 0.307 e. The molecule has 0 atom stereocenters. The van der Waals surface area contributed by atoms with Gasteiger partial charge >= 0.3 is 5.97 Å². The van der Waals surface area contributed by atoms with Crippen LogP contribution >= 0.6 is 0 Å². The van der Waals surface area contributed by atoms with Crippen molar-refractivity contribution in [1.29, 1.82) is 0 Å². The van der Waals surface area contributed by atoms with Crippen molar-refractivity contribution in [3.05, 3.63) is 35.9 Å². The van der Waals surface area contributed by atoms with Crippen molar-refractivity contribution < 1.29 is 9.53 Å². The third-order valence-corrected chi connectivity index (χ3v) is 2.60. The van der Waals surface area contributed by atoms with Crippen LogP contribution in [0.2, 0.25) is 0 Å². The third-order valence-electron chi connectivity index (χ3n) is 2.60. The second-order valence-corrected chi connectivity index (χ2v) is 4.67. The van der Waals surface area contributed by atoms with E-state index in [0.717, 1.165) is 12.8 Å². The molecule has 18 heavy (non-hydrogen) atoms. The van der Waals surface area contributed by atoms with Crippen LogP contribution in [0.3, 0.4) is 0 Å². The molecule has 0 spiro atoms. The number of esters is 1. The molecule has 0 aliphatic carbocycles. The Balaban J connectivity index is 2.02. The molecular weight excluding hydrogens is 226 g/mol. The lowest BCUT2D eigenvalue weighted by atomic mass is 10.1. The first kappa shape index (κ1) is 14.7. The number of hydrogen-bond acceptors (Lipinski definition) is 3. The largest absolute Gasteiger partial charge is 0.466 e. The zero-order valence-corrected chi connectivity index (χ0v) is 11.3. The van der Waals surface area contributed by atoms with Crippen molar-refractivity contribution in [2.45, 2.75) is 39.2 Å². The van der Waals surface area contributed by atoms with Gasteiger partial charge in [-0.1, -0.05) is 44.2 Å². The lowest BCUT2D eigenvalue weighted by Crippen LogP contribution is -2.26. The SMILES string of the molecule is CC(C)NCCC(=O)OCCCc1ccccc1. The van der Waals surface area contributed by atoms with Crippen molar-refractivity contribution in [2.24, 2.45) is 0 Å². The molecule has 100 valence electrons. The highest BCUT2D eigenvalue weighted by atomic mass is 16.5. The van der Waals surface area contributed by atoms with E-state index < -0.39 is 0 Å². The van der Waals surface area contributed by atoms with E-state index in [2.05, 4.69) is 31.3 Å². The molecule has 0 saturated heterocycles. The van der Waals surface area contributed by atoms with Crippen LogP contribution in [0.4, 0.5) is 0 Å². The van der Waals surface area contributed by atoms with E-state index in [0.29, 0.717) is 25.6 Å². The molecule has 0 aliphatic rings. The zero-order valence-electron chi connectivity index (χ0n) is 11.3. The van der Waals surface area contributed by atoms with E-state index in [-0.39, 0.29) is 5.97 Å². The fraction of sp³-hybridized carbons (Fsp3) is 0.533. The molecule has 0 saturated carbocycles. The molecule has 0 unspecified atom stereocenters. The summed E-state index contributed by atoms with van der Waals surface area (Å²) in [5.41, 5.74) is 1.29. The lowest BCUT2D eigenvalue weighted by Gasteiger charge is -2.08. The number of aryl methyl sites for hydroxylation is 1. The van der Waals surface area contributed by atoms with Gasteiger partial charge in [0.25, 0.3) is 0 Å². The summed E-state index contributed by atoms with van der Waals surface area (Å²) >= 11 is 0. The van der Waals surface area contributed by atoms with Crippen LogP contribution in [0, 0.1) is 0 Å².